The van der Waals surface area contributed by atoms with Crippen molar-refractivity contribution in [2.24, 2.45) is 0 Å². The van der Waals surface area contributed by atoms with Crippen LogP contribution in [0.2, 0.25) is 0 Å². The quantitative estimate of drug-likeness (QED) is 0.804. The van der Waals surface area contributed by atoms with E-state index in [1.54, 1.807) is 30.3 Å². The summed E-state index contributed by atoms with van der Waals surface area (Å²) < 4.78 is 5.05. The molecule has 2 aromatic rings. The van der Waals surface area contributed by atoms with Crippen LogP contribution in [0.5, 0.6) is 0 Å². The fourth-order valence-electron chi connectivity index (χ4n) is 2.91. The first-order valence-electron chi connectivity index (χ1n) is 7.97. The summed E-state index contributed by atoms with van der Waals surface area (Å²) in [5.41, 5.74) is 0.758. The summed E-state index contributed by atoms with van der Waals surface area (Å²) in [6, 6.07) is 8.40. The molecular weight excluding hydrogens is 308 g/mol. The first kappa shape index (κ1) is 16.3. The monoisotopic (exact) mass is 328 g/mol. The third-order valence-corrected chi connectivity index (χ3v) is 4.33. The van der Waals surface area contributed by atoms with Crippen LogP contribution in [0, 0.1) is 6.92 Å². The molecule has 1 aliphatic carbocycles. The molecule has 3 N–H and O–H groups in total. The van der Waals surface area contributed by atoms with Crippen LogP contribution >= 0.6 is 0 Å². The molecule has 3 rings (SSSR count). The minimum Gasteiger partial charge on any atom is -0.459 e. The number of carbonyl (C=O) groups is 2. The van der Waals surface area contributed by atoms with Crippen LogP contribution in [-0.4, -0.2) is 22.5 Å². The lowest BCUT2D eigenvalue weighted by molar-refractivity contribution is -0.133. The summed E-state index contributed by atoms with van der Waals surface area (Å²) in [6.45, 7) is 1.83. The number of nitrogens with one attached hydrogen (secondary N) is 2. The molecule has 0 unspecified atom stereocenters. The molecule has 1 aromatic heterocycles. The van der Waals surface area contributed by atoms with Gasteiger partial charge in [0.2, 0.25) is 0 Å². The molecule has 0 saturated heterocycles. The Kier molecular flexibility index (Phi) is 4.40. The summed E-state index contributed by atoms with van der Waals surface area (Å²) in [7, 11) is 0. The highest BCUT2D eigenvalue weighted by molar-refractivity contribution is 6.03. The molecular formula is C18H20N2O4. The van der Waals surface area contributed by atoms with Crippen molar-refractivity contribution in [2.45, 2.75) is 38.2 Å². The number of hydrogen-bond donors (Lipinski definition) is 3. The number of hydrogen-bond acceptors (Lipinski definition) is 4. The molecule has 0 radical (unpaired) electrons. The van der Waals surface area contributed by atoms with Crippen LogP contribution in [0.1, 0.15) is 41.8 Å². The van der Waals surface area contributed by atoms with Gasteiger partial charge in [0.1, 0.15) is 5.60 Å². The van der Waals surface area contributed by atoms with Crippen molar-refractivity contribution in [1.82, 2.24) is 0 Å². The summed E-state index contributed by atoms with van der Waals surface area (Å²) in [6.07, 6.45) is 4.15. The fourth-order valence-corrected chi connectivity index (χ4v) is 2.91. The molecule has 1 aliphatic rings. The number of aliphatic hydroxyl groups is 1. The first-order valence-corrected chi connectivity index (χ1v) is 7.97. The van der Waals surface area contributed by atoms with Crippen molar-refractivity contribution < 1.29 is 19.1 Å². The van der Waals surface area contributed by atoms with Crippen molar-refractivity contribution in [3.05, 3.63) is 47.9 Å². The molecule has 0 aliphatic heterocycles. The number of carbonyl (C=O) groups excluding carboxylic acids is 2. The molecule has 6 heteroatoms. The minimum absolute atomic E-state index is 0.232. The lowest BCUT2D eigenvalue weighted by Gasteiger charge is -2.21. The number of anilines is 2. The van der Waals surface area contributed by atoms with Crippen LogP contribution in [0.3, 0.4) is 0 Å². The average molecular weight is 328 g/mol. The van der Waals surface area contributed by atoms with E-state index in [0.29, 0.717) is 24.2 Å². The lowest BCUT2D eigenvalue weighted by Crippen LogP contribution is -2.40. The maximum atomic E-state index is 12.2. The van der Waals surface area contributed by atoms with Crippen LogP contribution in [0.4, 0.5) is 11.4 Å². The number of furan rings is 1. The Hall–Kier alpha value is -2.60. The van der Waals surface area contributed by atoms with Gasteiger partial charge < -0.3 is 20.2 Å². The summed E-state index contributed by atoms with van der Waals surface area (Å²) >= 11 is 0. The van der Waals surface area contributed by atoms with Gasteiger partial charge in [-0.2, -0.15) is 0 Å². The van der Waals surface area contributed by atoms with E-state index in [4.69, 9.17) is 4.42 Å². The largest absolute Gasteiger partial charge is 0.459 e. The van der Waals surface area contributed by atoms with Gasteiger partial charge in [-0.1, -0.05) is 0 Å². The van der Waals surface area contributed by atoms with Crippen molar-refractivity contribution in [1.29, 1.82) is 0 Å². The van der Waals surface area contributed by atoms with Gasteiger partial charge in [-0.25, -0.2) is 0 Å². The van der Waals surface area contributed by atoms with Crippen LogP contribution in [0.25, 0.3) is 0 Å². The Labute approximate surface area is 139 Å². The van der Waals surface area contributed by atoms with Crippen LogP contribution in [0.15, 0.2) is 41.0 Å². The molecule has 1 heterocycles. The van der Waals surface area contributed by atoms with Crippen LogP contribution in [-0.2, 0) is 4.79 Å². The van der Waals surface area contributed by atoms with Crippen molar-refractivity contribution in [3.8, 4) is 0 Å². The van der Waals surface area contributed by atoms with Gasteiger partial charge in [0.15, 0.2) is 5.76 Å². The van der Waals surface area contributed by atoms with Gasteiger partial charge in [0, 0.05) is 11.4 Å². The number of amides is 2. The molecule has 1 saturated carbocycles. The smallest absolute Gasteiger partial charge is 0.291 e. The molecule has 126 valence electrons. The van der Waals surface area contributed by atoms with Gasteiger partial charge in [0.05, 0.1) is 6.26 Å². The Morgan fingerprint density at radius 3 is 2.54 bits per heavy atom. The Morgan fingerprint density at radius 2 is 1.92 bits per heavy atom. The minimum atomic E-state index is -1.26. The zero-order valence-corrected chi connectivity index (χ0v) is 13.5. The third kappa shape index (κ3) is 3.33. The second kappa shape index (κ2) is 6.49. The highest BCUT2D eigenvalue weighted by atomic mass is 16.3. The molecule has 2 amide bonds. The molecule has 0 bridgehead atoms. The fraction of sp³-hybridized carbons (Fsp3) is 0.333. The predicted octanol–water partition coefficient (Wildman–Crippen LogP) is 3.08. The second-order valence-electron chi connectivity index (χ2n) is 6.15. The second-order valence-corrected chi connectivity index (χ2v) is 6.15. The average Bonchev–Trinajstić information content (AvgIpc) is 3.22. The Morgan fingerprint density at radius 1 is 1.17 bits per heavy atom. The third-order valence-electron chi connectivity index (χ3n) is 4.33. The zero-order valence-electron chi connectivity index (χ0n) is 13.5. The molecule has 24 heavy (non-hydrogen) atoms. The molecule has 0 atom stereocenters. The number of benzene rings is 1. The van der Waals surface area contributed by atoms with E-state index >= 15 is 0 Å². The van der Waals surface area contributed by atoms with Gasteiger partial charge in [-0.15, -0.1) is 0 Å². The summed E-state index contributed by atoms with van der Waals surface area (Å²) in [4.78, 5) is 24.2. The highest BCUT2D eigenvalue weighted by Crippen LogP contribution is 2.31. The summed E-state index contributed by atoms with van der Waals surface area (Å²) in [5.74, 6) is -0.470. The first-order chi connectivity index (χ1) is 11.5. The van der Waals surface area contributed by atoms with E-state index in [1.165, 1.54) is 6.26 Å². The van der Waals surface area contributed by atoms with Crippen molar-refractivity contribution in [3.63, 3.8) is 0 Å². The van der Waals surface area contributed by atoms with Gasteiger partial charge >= 0.3 is 0 Å². The SMILES string of the molecule is Cc1cc(NC(=O)C2(O)CCCC2)ccc1NC(=O)c1ccco1. The van der Waals surface area contributed by atoms with Crippen molar-refractivity contribution in [2.75, 3.05) is 10.6 Å². The Bertz CT molecular complexity index is 746. The molecule has 1 fully saturated rings. The lowest BCUT2D eigenvalue weighted by atomic mass is 10.0. The number of rotatable bonds is 4. The van der Waals surface area contributed by atoms with Crippen molar-refractivity contribution >= 4 is 23.2 Å². The predicted molar refractivity (Wildman–Crippen MR) is 89.9 cm³/mol. The van der Waals surface area contributed by atoms with Crippen LogP contribution < -0.4 is 10.6 Å². The number of aryl methyl sites for hydroxylation is 1. The van der Waals surface area contributed by atoms with E-state index in [-0.39, 0.29) is 17.6 Å². The van der Waals surface area contributed by atoms with Gasteiger partial charge in [0.25, 0.3) is 11.8 Å². The Balaban J connectivity index is 1.68. The van der Waals surface area contributed by atoms with Gasteiger partial charge in [-0.3, -0.25) is 9.59 Å². The maximum Gasteiger partial charge on any atom is 0.291 e. The summed E-state index contributed by atoms with van der Waals surface area (Å²) in [5, 5.41) is 15.8. The normalized spacial score (nSPS) is 15.9. The topological polar surface area (TPSA) is 91.6 Å². The van der Waals surface area contributed by atoms with E-state index < -0.39 is 5.60 Å². The molecule has 0 spiro atoms. The van der Waals surface area contributed by atoms with E-state index in [0.717, 1.165) is 18.4 Å². The van der Waals surface area contributed by atoms with Gasteiger partial charge in [-0.05, 0) is 68.5 Å². The zero-order chi connectivity index (χ0) is 17.2. The van der Waals surface area contributed by atoms with E-state index in [9.17, 15) is 14.7 Å². The molecule has 1 aromatic carbocycles. The molecule has 6 nitrogen and oxygen atoms in total. The van der Waals surface area contributed by atoms with E-state index in [1.807, 2.05) is 6.92 Å². The highest BCUT2D eigenvalue weighted by Gasteiger charge is 2.38. The van der Waals surface area contributed by atoms with E-state index in [2.05, 4.69) is 10.6 Å². The maximum absolute atomic E-state index is 12.2. The standard InChI is InChI=1S/C18H20N2O4/c1-12-11-13(19-17(22)18(23)8-2-3-9-18)6-7-14(12)20-16(21)15-5-4-10-24-15/h4-7,10-11,23H,2-3,8-9H2,1H3,(H,19,22)(H,20,21).